The van der Waals surface area contributed by atoms with Crippen LogP contribution in [0.2, 0.25) is 0 Å². The van der Waals surface area contributed by atoms with Gasteiger partial charge in [0.1, 0.15) is 17.2 Å². The number of phenolic OH excluding ortho intramolecular Hbond substituents is 1. The number of ether oxygens (including phenoxy) is 1. The normalized spacial score (nSPS) is 23.3. The molecule has 0 bridgehead atoms. The number of thioether (sulfide) groups is 1. The summed E-state index contributed by atoms with van der Waals surface area (Å²) >= 11 is 1.60. The minimum absolute atomic E-state index is 0.0826. The summed E-state index contributed by atoms with van der Waals surface area (Å²) in [4.78, 5) is 17.9. The van der Waals surface area contributed by atoms with Crippen molar-refractivity contribution in [2.75, 3.05) is 0 Å². The van der Waals surface area contributed by atoms with E-state index in [0.717, 1.165) is 11.1 Å². The fourth-order valence-electron chi connectivity index (χ4n) is 3.77. The number of aliphatic imine (C=N–C) groups is 1. The van der Waals surface area contributed by atoms with Gasteiger partial charge in [-0.2, -0.15) is 0 Å². The number of aromatic hydroxyl groups is 1. The number of rotatable bonds is 2. The van der Waals surface area contributed by atoms with E-state index in [1.54, 1.807) is 23.9 Å². The largest absolute Gasteiger partial charge is 0.508 e. The van der Waals surface area contributed by atoms with Gasteiger partial charge in [-0.25, -0.2) is 0 Å². The Balaban J connectivity index is 1.73. The second-order valence-corrected chi connectivity index (χ2v) is 9.33. The molecule has 3 atom stereocenters. The molecule has 146 valence electrons. The van der Waals surface area contributed by atoms with E-state index < -0.39 is 5.41 Å². The van der Waals surface area contributed by atoms with Crippen molar-refractivity contribution < 1.29 is 14.6 Å². The molecule has 0 aromatic heterocycles. The van der Waals surface area contributed by atoms with E-state index in [1.165, 1.54) is 0 Å². The Hall–Kier alpha value is -2.47. The molecule has 4 rings (SSSR count). The Kier molecular flexibility index (Phi) is 4.62. The predicted molar refractivity (Wildman–Crippen MR) is 112 cm³/mol. The Morgan fingerprint density at radius 1 is 1.14 bits per heavy atom. The van der Waals surface area contributed by atoms with E-state index in [1.807, 2.05) is 44.2 Å². The number of amides is 1. The van der Waals surface area contributed by atoms with Crippen molar-refractivity contribution in [1.29, 1.82) is 0 Å². The number of benzene rings is 2. The summed E-state index contributed by atoms with van der Waals surface area (Å²) in [5.41, 5.74) is 1.09. The van der Waals surface area contributed by atoms with Crippen molar-refractivity contribution >= 4 is 22.8 Å². The van der Waals surface area contributed by atoms with Crippen LogP contribution in [-0.2, 0) is 4.79 Å². The van der Waals surface area contributed by atoms with Crippen LogP contribution in [0.4, 0.5) is 0 Å². The van der Waals surface area contributed by atoms with Crippen LogP contribution < -0.4 is 10.1 Å². The molecule has 0 radical (unpaired) electrons. The number of fused-ring (bicyclic) bond motifs is 2. The molecule has 0 aliphatic carbocycles. The summed E-state index contributed by atoms with van der Waals surface area (Å²) in [5, 5.41) is 14.0. The van der Waals surface area contributed by atoms with Crippen molar-refractivity contribution in [3.05, 3.63) is 53.6 Å². The van der Waals surface area contributed by atoms with Crippen LogP contribution in [0.5, 0.6) is 17.2 Å². The third-order valence-corrected chi connectivity index (χ3v) is 6.78. The number of carbonyl (C=O) groups is 1. The summed E-state index contributed by atoms with van der Waals surface area (Å²) in [6, 6.07) is 13.0. The van der Waals surface area contributed by atoms with Crippen molar-refractivity contribution in [2.45, 2.75) is 44.9 Å². The first-order valence-corrected chi connectivity index (χ1v) is 10.3. The SMILES string of the molecule is CC1N=C(NC(=O)C(C)(C)[C@H]2c3ccccc3Oc3cc(O)ccc32)SC1C. The Morgan fingerprint density at radius 2 is 1.86 bits per heavy atom. The fraction of sp³-hybridized carbons (Fsp3) is 0.364. The molecule has 6 heteroatoms. The fourth-order valence-corrected chi connectivity index (χ4v) is 4.76. The lowest BCUT2D eigenvalue weighted by Gasteiger charge is -2.38. The molecule has 5 nitrogen and oxygen atoms in total. The van der Waals surface area contributed by atoms with Crippen LogP contribution >= 0.6 is 11.8 Å². The number of nitrogens with one attached hydrogen (secondary N) is 1. The number of amidine groups is 1. The lowest BCUT2D eigenvalue weighted by molar-refractivity contribution is -0.128. The van der Waals surface area contributed by atoms with Crippen LogP contribution in [0, 0.1) is 5.41 Å². The Morgan fingerprint density at radius 3 is 2.57 bits per heavy atom. The molecule has 28 heavy (non-hydrogen) atoms. The summed E-state index contributed by atoms with van der Waals surface area (Å²) < 4.78 is 6.01. The zero-order chi connectivity index (χ0) is 20.1. The number of phenols is 1. The van der Waals surface area contributed by atoms with Crippen LogP contribution in [0.15, 0.2) is 47.5 Å². The topological polar surface area (TPSA) is 70.9 Å². The van der Waals surface area contributed by atoms with Crippen molar-refractivity contribution in [3.63, 3.8) is 0 Å². The monoisotopic (exact) mass is 396 g/mol. The van der Waals surface area contributed by atoms with Gasteiger partial charge in [0.25, 0.3) is 0 Å². The zero-order valence-electron chi connectivity index (χ0n) is 16.4. The van der Waals surface area contributed by atoms with Gasteiger partial charge in [-0.15, -0.1) is 0 Å². The maximum Gasteiger partial charge on any atom is 0.232 e. The highest BCUT2D eigenvalue weighted by molar-refractivity contribution is 8.14. The quantitative estimate of drug-likeness (QED) is 0.775. The molecule has 2 N–H and O–H groups in total. The molecule has 0 saturated heterocycles. The van der Waals surface area contributed by atoms with E-state index >= 15 is 0 Å². The summed E-state index contributed by atoms with van der Waals surface area (Å²) in [5.74, 6) is 1.13. The molecule has 0 spiro atoms. The number of para-hydroxylation sites is 1. The van der Waals surface area contributed by atoms with Gasteiger partial charge in [0.05, 0.1) is 11.5 Å². The predicted octanol–water partition coefficient (Wildman–Crippen LogP) is 4.65. The highest BCUT2D eigenvalue weighted by atomic mass is 32.2. The van der Waals surface area contributed by atoms with Gasteiger partial charge in [0.2, 0.25) is 5.91 Å². The summed E-state index contributed by atoms with van der Waals surface area (Å²) in [6.45, 7) is 8.05. The molecule has 2 aliphatic heterocycles. The van der Waals surface area contributed by atoms with Crippen LogP contribution in [0.3, 0.4) is 0 Å². The number of hydrogen-bond acceptors (Lipinski definition) is 5. The zero-order valence-corrected chi connectivity index (χ0v) is 17.2. The molecule has 2 aromatic carbocycles. The van der Waals surface area contributed by atoms with Crippen LogP contribution in [-0.4, -0.2) is 27.5 Å². The molecule has 2 unspecified atom stereocenters. The van der Waals surface area contributed by atoms with Crippen LogP contribution in [0.1, 0.15) is 44.7 Å². The summed E-state index contributed by atoms with van der Waals surface area (Å²) in [6.07, 6.45) is 0. The lowest BCUT2D eigenvalue weighted by atomic mass is 9.69. The van der Waals surface area contributed by atoms with Gasteiger partial charge in [0, 0.05) is 28.4 Å². The molecule has 2 aromatic rings. The lowest BCUT2D eigenvalue weighted by Crippen LogP contribution is -2.43. The molecule has 2 heterocycles. The van der Waals surface area contributed by atoms with Gasteiger partial charge in [0.15, 0.2) is 5.17 Å². The van der Waals surface area contributed by atoms with Crippen molar-refractivity contribution in [1.82, 2.24) is 5.32 Å². The standard InChI is InChI=1S/C22H24N2O3S/c1-12-13(2)28-21(23-12)24-20(26)22(3,4)19-15-7-5-6-8-17(15)27-18-11-14(25)9-10-16(18)19/h5-13,19,25H,1-4H3,(H,23,24,26)/t12?,13?,19-/m0/s1. The summed E-state index contributed by atoms with van der Waals surface area (Å²) in [7, 11) is 0. The van der Waals surface area contributed by atoms with Crippen LogP contribution in [0.25, 0.3) is 0 Å². The third-order valence-electron chi connectivity index (χ3n) is 5.58. The van der Waals surface area contributed by atoms with Gasteiger partial charge < -0.3 is 15.2 Å². The first kappa shape index (κ1) is 18.9. The maximum atomic E-state index is 13.3. The average Bonchev–Trinajstić information content (AvgIpc) is 2.96. The van der Waals surface area contributed by atoms with Gasteiger partial charge in [-0.3, -0.25) is 9.79 Å². The van der Waals surface area contributed by atoms with E-state index in [4.69, 9.17) is 4.74 Å². The van der Waals surface area contributed by atoms with Gasteiger partial charge >= 0.3 is 0 Å². The third kappa shape index (κ3) is 3.15. The average molecular weight is 397 g/mol. The second-order valence-electron chi connectivity index (χ2n) is 7.97. The number of nitrogens with zero attached hydrogens (tertiary/aromatic N) is 1. The first-order valence-electron chi connectivity index (χ1n) is 9.43. The smallest absolute Gasteiger partial charge is 0.232 e. The van der Waals surface area contributed by atoms with Crippen molar-refractivity contribution in [3.8, 4) is 17.2 Å². The van der Waals surface area contributed by atoms with E-state index in [9.17, 15) is 9.90 Å². The minimum Gasteiger partial charge on any atom is -0.508 e. The highest BCUT2D eigenvalue weighted by Gasteiger charge is 2.44. The molecule has 0 fully saturated rings. The number of carbonyl (C=O) groups excluding carboxylic acids is 1. The molecule has 2 aliphatic rings. The van der Waals surface area contributed by atoms with E-state index in [2.05, 4.69) is 24.2 Å². The molecule has 0 saturated carbocycles. The van der Waals surface area contributed by atoms with Gasteiger partial charge in [-0.05, 0) is 19.1 Å². The first-order chi connectivity index (χ1) is 13.3. The maximum absolute atomic E-state index is 13.3. The Bertz CT molecular complexity index is 970. The second kappa shape index (κ2) is 6.85. The molecule has 1 amide bonds. The minimum atomic E-state index is -0.760. The van der Waals surface area contributed by atoms with E-state index in [0.29, 0.717) is 21.9 Å². The van der Waals surface area contributed by atoms with E-state index in [-0.39, 0.29) is 23.6 Å². The molecular formula is C22H24N2O3S. The van der Waals surface area contributed by atoms with Crippen molar-refractivity contribution in [2.24, 2.45) is 10.4 Å². The highest BCUT2D eigenvalue weighted by Crippen LogP contribution is 2.52. The van der Waals surface area contributed by atoms with Gasteiger partial charge in [-0.1, -0.05) is 56.8 Å². The number of hydrogen-bond donors (Lipinski definition) is 2. The molecular weight excluding hydrogens is 372 g/mol. The Labute approximate surface area is 169 Å².